The van der Waals surface area contributed by atoms with Crippen molar-refractivity contribution < 1.29 is 19.0 Å². The molecule has 0 spiro atoms. The van der Waals surface area contributed by atoms with Crippen LogP contribution in [-0.4, -0.2) is 39.4 Å². The highest BCUT2D eigenvalue weighted by Crippen LogP contribution is 2.50. The van der Waals surface area contributed by atoms with E-state index in [1.54, 1.807) is 14.2 Å². The van der Waals surface area contributed by atoms with Crippen LogP contribution in [0.1, 0.15) is 37.7 Å². The third-order valence-electron chi connectivity index (χ3n) is 6.59. The predicted octanol–water partition coefficient (Wildman–Crippen LogP) is 4.34. The molecule has 0 unspecified atom stereocenters. The van der Waals surface area contributed by atoms with Crippen LogP contribution >= 0.6 is 0 Å². The summed E-state index contributed by atoms with van der Waals surface area (Å²) in [7, 11) is 4.86. The van der Waals surface area contributed by atoms with E-state index in [-0.39, 0.29) is 18.1 Å². The van der Waals surface area contributed by atoms with Crippen molar-refractivity contribution in [1.82, 2.24) is 0 Å². The molecule has 0 aliphatic carbocycles. The van der Waals surface area contributed by atoms with Crippen LogP contribution in [0.5, 0.6) is 11.5 Å². The molecule has 2 bridgehead atoms. The van der Waals surface area contributed by atoms with Crippen molar-refractivity contribution in [2.45, 2.75) is 49.6 Å². The molecule has 0 radical (unpaired) electrons. The Labute approximate surface area is 172 Å². The lowest BCUT2D eigenvalue weighted by molar-refractivity contribution is -0.149. The summed E-state index contributed by atoms with van der Waals surface area (Å²) in [4.78, 5) is 15.7. The summed E-state index contributed by atoms with van der Waals surface area (Å²) >= 11 is 0. The second-order valence-corrected chi connectivity index (χ2v) is 8.03. The predicted molar refractivity (Wildman–Crippen MR) is 113 cm³/mol. The Morgan fingerprint density at radius 2 is 1.69 bits per heavy atom. The van der Waals surface area contributed by atoms with E-state index in [2.05, 4.69) is 17.0 Å². The first-order chi connectivity index (χ1) is 14.1. The quantitative estimate of drug-likeness (QED) is 0.705. The first kappa shape index (κ1) is 19.6. The number of nitrogens with zero attached hydrogens (tertiary/aromatic N) is 1. The van der Waals surface area contributed by atoms with Gasteiger partial charge in [-0.3, -0.25) is 4.79 Å². The van der Waals surface area contributed by atoms with Crippen molar-refractivity contribution in [2.75, 3.05) is 26.2 Å². The third-order valence-corrected chi connectivity index (χ3v) is 6.59. The minimum atomic E-state index is -0.655. The summed E-state index contributed by atoms with van der Waals surface area (Å²) in [5.41, 5.74) is 1.45. The maximum absolute atomic E-state index is 13.2. The molecule has 5 nitrogen and oxygen atoms in total. The lowest BCUT2D eigenvalue weighted by Gasteiger charge is -2.54. The normalized spacial score (nSPS) is 26.0. The summed E-state index contributed by atoms with van der Waals surface area (Å²) in [6.07, 6.45) is 4.73. The fourth-order valence-electron chi connectivity index (χ4n) is 5.33. The molecule has 29 heavy (non-hydrogen) atoms. The highest BCUT2D eigenvalue weighted by atomic mass is 16.5. The minimum Gasteiger partial charge on any atom is -0.497 e. The molecule has 0 N–H and O–H groups in total. The van der Waals surface area contributed by atoms with Gasteiger partial charge in [-0.2, -0.15) is 0 Å². The fourth-order valence-corrected chi connectivity index (χ4v) is 5.33. The number of benzene rings is 2. The van der Waals surface area contributed by atoms with E-state index < -0.39 is 5.41 Å². The summed E-state index contributed by atoms with van der Waals surface area (Å²) in [6, 6.07) is 16.6. The molecule has 2 heterocycles. The zero-order valence-corrected chi connectivity index (χ0v) is 17.4. The molecule has 5 heteroatoms. The van der Waals surface area contributed by atoms with Gasteiger partial charge in [0.05, 0.1) is 32.4 Å². The number of anilines is 1. The van der Waals surface area contributed by atoms with Crippen LogP contribution in [-0.2, 0) is 14.9 Å². The lowest BCUT2D eigenvalue weighted by Crippen LogP contribution is -2.59. The Bertz CT molecular complexity index is 867. The van der Waals surface area contributed by atoms with E-state index >= 15 is 0 Å². The molecule has 2 aromatic rings. The largest absolute Gasteiger partial charge is 0.497 e. The monoisotopic (exact) mass is 395 g/mol. The Morgan fingerprint density at radius 3 is 2.34 bits per heavy atom. The summed E-state index contributed by atoms with van der Waals surface area (Å²) < 4.78 is 16.4. The SMILES string of the molecule is COC(=O)[C@@]1(c2cccc(OC)c2)C[C@H]2CCC[C@@H](C1)N2c1ccccc1OC. The molecular formula is C24H29NO4. The number of methoxy groups -OCH3 is 3. The molecule has 2 aliphatic heterocycles. The van der Waals surface area contributed by atoms with E-state index in [0.717, 1.165) is 48.4 Å². The highest BCUT2D eigenvalue weighted by molar-refractivity contribution is 5.84. The third kappa shape index (κ3) is 3.33. The second kappa shape index (κ2) is 7.97. The Hall–Kier alpha value is -2.69. The van der Waals surface area contributed by atoms with E-state index in [1.807, 2.05) is 36.4 Å². The number of rotatable bonds is 5. The molecule has 3 atom stereocenters. The zero-order chi connectivity index (χ0) is 20.4. The van der Waals surface area contributed by atoms with Gasteiger partial charge >= 0.3 is 5.97 Å². The Morgan fingerprint density at radius 1 is 0.966 bits per heavy atom. The number of fused-ring (bicyclic) bond motifs is 2. The van der Waals surface area contributed by atoms with E-state index in [9.17, 15) is 4.79 Å². The average Bonchev–Trinajstić information content (AvgIpc) is 2.77. The van der Waals surface area contributed by atoms with Crippen molar-refractivity contribution in [3.05, 3.63) is 54.1 Å². The van der Waals surface area contributed by atoms with Gasteiger partial charge in [-0.1, -0.05) is 24.3 Å². The van der Waals surface area contributed by atoms with Crippen LogP contribution in [0, 0.1) is 0 Å². The van der Waals surface area contributed by atoms with E-state index in [4.69, 9.17) is 14.2 Å². The second-order valence-electron chi connectivity index (χ2n) is 8.03. The van der Waals surface area contributed by atoms with Crippen LogP contribution < -0.4 is 14.4 Å². The fraction of sp³-hybridized carbons (Fsp3) is 0.458. The Balaban J connectivity index is 1.77. The average molecular weight is 395 g/mol. The molecule has 0 aromatic heterocycles. The minimum absolute atomic E-state index is 0.151. The first-order valence-corrected chi connectivity index (χ1v) is 10.3. The number of hydrogen-bond acceptors (Lipinski definition) is 5. The van der Waals surface area contributed by atoms with Gasteiger partial charge in [0.1, 0.15) is 11.5 Å². The van der Waals surface area contributed by atoms with Crippen LogP contribution in [0.2, 0.25) is 0 Å². The van der Waals surface area contributed by atoms with Crippen LogP contribution in [0.15, 0.2) is 48.5 Å². The van der Waals surface area contributed by atoms with Crippen molar-refractivity contribution >= 4 is 11.7 Å². The highest BCUT2D eigenvalue weighted by Gasteiger charge is 2.52. The molecule has 2 aliphatic rings. The van der Waals surface area contributed by atoms with Gasteiger partial charge in [0.15, 0.2) is 0 Å². The van der Waals surface area contributed by atoms with Gasteiger partial charge in [-0.05, 0) is 61.9 Å². The number of carbonyl (C=O) groups is 1. The van der Waals surface area contributed by atoms with Gasteiger partial charge in [0.2, 0.25) is 0 Å². The summed E-state index contributed by atoms with van der Waals surface area (Å²) in [5, 5.41) is 0. The molecule has 2 fully saturated rings. The standard InChI is InChI=1S/C24H29NO4/c1-27-20-11-6-8-17(14-20)24(23(26)29-3)15-18-9-7-10-19(16-24)25(18)21-12-4-5-13-22(21)28-2/h4-6,8,11-14,18-19H,7,9-10,15-16H2,1-3H3/t18-,19+,24+. The van der Waals surface area contributed by atoms with Crippen LogP contribution in [0.4, 0.5) is 5.69 Å². The van der Waals surface area contributed by atoms with E-state index in [1.165, 1.54) is 13.5 Å². The Kier molecular flexibility index (Phi) is 5.39. The number of para-hydroxylation sites is 2. The number of ether oxygens (including phenoxy) is 3. The number of carbonyl (C=O) groups excluding carboxylic acids is 1. The maximum atomic E-state index is 13.2. The summed E-state index contributed by atoms with van der Waals surface area (Å²) in [5.74, 6) is 1.50. The van der Waals surface area contributed by atoms with E-state index in [0.29, 0.717) is 0 Å². The van der Waals surface area contributed by atoms with Crippen molar-refractivity contribution in [3.8, 4) is 11.5 Å². The molecule has 2 aromatic carbocycles. The molecule has 2 saturated heterocycles. The first-order valence-electron chi connectivity index (χ1n) is 10.3. The van der Waals surface area contributed by atoms with Crippen LogP contribution in [0.3, 0.4) is 0 Å². The number of hydrogen-bond donors (Lipinski definition) is 0. The molecule has 0 amide bonds. The van der Waals surface area contributed by atoms with Gasteiger partial charge < -0.3 is 19.1 Å². The molecule has 154 valence electrons. The number of piperidine rings is 2. The van der Waals surface area contributed by atoms with Crippen molar-refractivity contribution in [3.63, 3.8) is 0 Å². The van der Waals surface area contributed by atoms with Gasteiger partial charge in [-0.15, -0.1) is 0 Å². The van der Waals surface area contributed by atoms with Crippen LogP contribution in [0.25, 0.3) is 0 Å². The smallest absolute Gasteiger partial charge is 0.316 e. The van der Waals surface area contributed by atoms with Crippen molar-refractivity contribution in [1.29, 1.82) is 0 Å². The maximum Gasteiger partial charge on any atom is 0.316 e. The lowest BCUT2D eigenvalue weighted by atomic mass is 9.64. The number of esters is 1. The van der Waals surface area contributed by atoms with Gasteiger partial charge in [0, 0.05) is 12.1 Å². The van der Waals surface area contributed by atoms with Gasteiger partial charge in [-0.25, -0.2) is 0 Å². The molecular weight excluding hydrogens is 366 g/mol. The zero-order valence-electron chi connectivity index (χ0n) is 17.4. The van der Waals surface area contributed by atoms with Crippen molar-refractivity contribution in [2.24, 2.45) is 0 Å². The molecule has 4 rings (SSSR count). The topological polar surface area (TPSA) is 48.0 Å². The summed E-state index contributed by atoms with van der Waals surface area (Å²) in [6.45, 7) is 0. The van der Waals surface area contributed by atoms with Gasteiger partial charge in [0.25, 0.3) is 0 Å². The molecule has 0 saturated carbocycles.